The van der Waals surface area contributed by atoms with Gasteiger partial charge in [0.15, 0.2) is 0 Å². The molecule has 0 saturated heterocycles. The number of hydrogen-bond acceptors (Lipinski definition) is 2. The lowest BCUT2D eigenvalue weighted by atomic mass is 9.65. The lowest BCUT2D eigenvalue weighted by Gasteiger charge is -2.49. The van der Waals surface area contributed by atoms with Gasteiger partial charge in [0.2, 0.25) is 0 Å². The lowest BCUT2D eigenvalue weighted by molar-refractivity contribution is -0.0835. The average molecular weight is 280 g/mol. The fourth-order valence-electron chi connectivity index (χ4n) is 3.89. The SMILES string of the molecule is O[C@@]12CCCC[C@@H]1CCC[C@@H]2Nc1ccccc1Cl. The van der Waals surface area contributed by atoms with Crippen LogP contribution in [0.15, 0.2) is 24.3 Å². The van der Waals surface area contributed by atoms with E-state index in [1.54, 1.807) is 0 Å². The van der Waals surface area contributed by atoms with Crippen molar-refractivity contribution in [2.24, 2.45) is 5.92 Å². The van der Waals surface area contributed by atoms with Crippen LogP contribution in [0.3, 0.4) is 0 Å². The minimum Gasteiger partial charge on any atom is -0.387 e. The molecule has 3 rings (SSSR count). The molecular weight excluding hydrogens is 258 g/mol. The molecule has 3 heteroatoms. The Bertz CT molecular complexity index is 448. The topological polar surface area (TPSA) is 32.3 Å². The maximum absolute atomic E-state index is 11.1. The molecule has 1 aromatic carbocycles. The summed E-state index contributed by atoms with van der Waals surface area (Å²) in [5.74, 6) is 0.468. The van der Waals surface area contributed by atoms with Gasteiger partial charge in [-0.15, -0.1) is 0 Å². The summed E-state index contributed by atoms with van der Waals surface area (Å²) < 4.78 is 0. The molecular formula is C16H22ClNO. The summed E-state index contributed by atoms with van der Waals surface area (Å²) in [6.45, 7) is 0. The standard InChI is InChI=1S/C16H22ClNO/c17-13-8-1-2-9-14(13)18-15-10-5-7-12-6-3-4-11-16(12,15)19/h1-2,8-9,12,15,18-19H,3-7,10-11H2/t12-,15+,16+/m1/s1. The van der Waals surface area contributed by atoms with Crippen LogP contribution in [0.1, 0.15) is 44.9 Å². The Kier molecular flexibility index (Phi) is 3.72. The fraction of sp³-hybridized carbons (Fsp3) is 0.625. The molecule has 19 heavy (non-hydrogen) atoms. The van der Waals surface area contributed by atoms with Crippen molar-refractivity contribution in [1.82, 2.24) is 0 Å². The highest BCUT2D eigenvalue weighted by molar-refractivity contribution is 6.33. The quantitative estimate of drug-likeness (QED) is 0.849. The number of nitrogens with one attached hydrogen (secondary N) is 1. The van der Waals surface area contributed by atoms with Crippen LogP contribution in [0.2, 0.25) is 5.02 Å². The van der Waals surface area contributed by atoms with Gasteiger partial charge in [-0.2, -0.15) is 0 Å². The van der Waals surface area contributed by atoms with Crippen molar-refractivity contribution in [2.45, 2.75) is 56.6 Å². The molecule has 2 aliphatic rings. The second-order valence-corrected chi connectivity index (χ2v) is 6.45. The second-order valence-electron chi connectivity index (χ2n) is 6.04. The van der Waals surface area contributed by atoms with Crippen LogP contribution in [0.25, 0.3) is 0 Å². The minimum absolute atomic E-state index is 0.145. The molecule has 2 N–H and O–H groups in total. The van der Waals surface area contributed by atoms with Crippen LogP contribution in [0.4, 0.5) is 5.69 Å². The van der Waals surface area contributed by atoms with Gasteiger partial charge in [0.05, 0.1) is 22.4 Å². The number of anilines is 1. The van der Waals surface area contributed by atoms with E-state index >= 15 is 0 Å². The first-order valence-electron chi connectivity index (χ1n) is 7.43. The van der Waals surface area contributed by atoms with Crippen molar-refractivity contribution in [2.75, 3.05) is 5.32 Å². The van der Waals surface area contributed by atoms with Gasteiger partial charge in [-0.3, -0.25) is 0 Å². The first-order valence-corrected chi connectivity index (χ1v) is 7.81. The summed E-state index contributed by atoms with van der Waals surface area (Å²) in [7, 11) is 0. The Balaban J connectivity index is 1.81. The van der Waals surface area contributed by atoms with Gasteiger partial charge >= 0.3 is 0 Å². The highest BCUT2D eigenvalue weighted by Crippen LogP contribution is 2.45. The summed E-state index contributed by atoms with van der Waals surface area (Å²) >= 11 is 6.22. The summed E-state index contributed by atoms with van der Waals surface area (Å²) in [6.07, 6.45) is 7.95. The molecule has 2 aliphatic carbocycles. The number of aliphatic hydroxyl groups is 1. The zero-order valence-corrected chi connectivity index (χ0v) is 12.0. The van der Waals surface area contributed by atoms with Gasteiger partial charge in [0.1, 0.15) is 0 Å². The van der Waals surface area contributed by atoms with Crippen LogP contribution in [0, 0.1) is 5.92 Å². The number of halogens is 1. The number of para-hydroxylation sites is 1. The van der Waals surface area contributed by atoms with Crippen LogP contribution < -0.4 is 5.32 Å². The highest BCUT2D eigenvalue weighted by Gasteiger charge is 2.47. The van der Waals surface area contributed by atoms with E-state index in [4.69, 9.17) is 11.6 Å². The second kappa shape index (κ2) is 5.34. The van der Waals surface area contributed by atoms with E-state index in [1.165, 1.54) is 25.7 Å². The van der Waals surface area contributed by atoms with E-state index in [0.29, 0.717) is 5.92 Å². The van der Waals surface area contributed by atoms with Gasteiger partial charge in [0.25, 0.3) is 0 Å². The third kappa shape index (κ3) is 2.48. The molecule has 104 valence electrons. The monoisotopic (exact) mass is 279 g/mol. The van der Waals surface area contributed by atoms with Gasteiger partial charge in [-0.05, 0) is 43.7 Å². The number of fused-ring (bicyclic) bond motifs is 1. The Hall–Kier alpha value is -0.730. The molecule has 2 fully saturated rings. The Morgan fingerprint density at radius 1 is 1.11 bits per heavy atom. The molecule has 3 atom stereocenters. The molecule has 0 unspecified atom stereocenters. The molecule has 0 amide bonds. The van der Waals surface area contributed by atoms with Gasteiger partial charge in [0, 0.05) is 0 Å². The average Bonchev–Trinajstić information content (AvgIpc) is 2.42. The smallest absolute Gasteiger partial charge is 0.0875 e. The van der Waals surface area contributed by atoms with E-state index in [0.717, 1.165) is 30.0 Å². The van der Waals surface area contributed by atoms with Crippen molar-refractivity contribution in [1.29, 1.82) is 0 Å². The van der Waals surface area contributed by atoms with Crippen LogP contribution in [-0.4, -0.2) is 16.7 Å². The third-order valence-corrected chi connectivity index (χ3v) is 5.27. The molecule has 0 bridgehead atoms. The number of rotatable bonds is 2. The fourth-order valence-corrected chi connectivity index (χ4v) is 4.08. The molecule has 0 aliphatic heterocycles. The largest absolute Gasteiger partial charge is 0.387 e. The Morgan fingerprint density at radius 2 is 1.89 bits per heavy atom. The van der Waals surface area contributed by atoms with E-state index in [-0.39, 0.29) is 6.04 Å². The summed E-state index contributed by atoms with van der Waals surface area (Å²) in [6, 6.07) is 7.96. The summed E-state index contributed by atoms with van der Waals surface area (Å²) in [5, 5.41) is 15.3. The summed E-state index contributed by atoms with van der Waals surface area (Å²) in [5.41, 5.74) is 0.421. The van der Waals surface area contributed by atoms with Crippen molar-refractivity contribution >= 4 is 17.3 Å². The highest BCUT2D eigenvalue weighted by atomic mass is 35.5. The normalized spacial score (nSPS) is 34.6. The van der Waals surface area contributed by atoms with Crippen molar-refractivity contribution in [3.05, 3.63) is 29.3 Å². The maximum Gasteiger partial charge on any atom is 0.0875 e. The molecule has 0 radical (unpaired) electrons. The predicted molar refractivity (Wildman–Crippen MR) is 79.6 cm³/mol. The predicted octanol–water partition coefficient (Wildman–Crippen LogP) is 4.23. The molecule has 2 nitrogen and oxygen atoms in total. The maximum atomic E-state index is 11.1. The minimum atomic E-state index is -0.532. The first kappa shape index (κ1) is 13.3. The Labute approximate surface area is 120 Å². The van der Waals surface area contributed by atoms with E-state index in [9.17, 15) is 5.11 Å². The third-order valence-electron chi connectivity index (χ3n) is 4.94. The Morgan fingerprint density at radius 3 is 2.74 bits per heavy atom. The van der Waals surface area contributed by atoms with E-state index in [1.807, 2.05) is 24.3 Å². The summed E-state index contributed by atoms with van der Waals surface area (Å²) in [4.78, 5) is 0. The zero-order chi connectivity index (χ0) is 13.3. The van der Waals surface area contributed by atoms with Crippen LogP contribution >= 0.6 is 11.6 Å². The molecule has 1 aromatic rings. The molecule has 0 aromatic heterocycles. The first-order chi connectivity index (χ1) is 9.20. The van der Waals surface area contributed by atoms with Crippen molar-refractivity contribution in [3.63, 3.8) is 0 Å². The van der Waals surface area contributed by atoms with Crippen molar-refractivity contribution in [3.8, 4) is 0 Å². The van der Waals surface area contributed by atoms with Gasteiger partial charge in [-0.1, -0.05) is 43.0 Å². The molecule has 0 heterocycles. The number of hydrogen-bond donors (Lipinski definition) is 2. The van der Waals surface area contributed by atoms with Crippen molar-refractivity contribution < 1.29 is 5.11 Å². The van der Waals surface area contributed by atoms with Gasteiger partial charge in [-0.25, -0.2) is 0 Å². The molecule has 0 spiro atoms. The number of benzene rings is 1. The van der Waals surface area contributed by atoms with E-state index < -0.39 is 5.60 Å². The van der Waals surface area contributed by atoms with Crippen LogP contribution in [0.5, 0.6) is 0 Å². The lowest BCUT2D eigenvalue weighted by Crippen LogP contribution is -2.56. The zero-order valence-electron chi connectivity index (χ0n) is 11.2. The van der Waals surface area contributed by atoms with Crippen LogP contribution in [-0.2, 0) is 0 Å². The molecule has 2 saturated carbocycles. The van der Waals surface area contributed by atoms with Gasteiger partial charge < -0.3 is 10.4 Å². The van der Waals surface area contributed by atoms with E-state index in [2.05, 4.69) is 5.32 Å².